The molecule has 3 rings (SSSR count). The molecule has 0 unspecified atom stereocenters. The molecule has 1 saturated heterocycles. The van der Waals surface area contributed by atoms with E-state index in [4.69, 9.17) is 9.47 Å². The molecule has 1 heterocycles. The molecule has 0 aromatic heterocycles. The Hall–Kier alpha value is -2.49. The van der Waals surface area contributed by atoms with Crippen molar-refractivity contribution >= 4 is 5.91 Å². The van der Waals surface area contributed by atoms with Crippen molar-refractivity contribution in [3.8, 4) is 11.5 Å². The molecule has 4 nitrogen and oxygen atoms in total. The van der Waals surface area contributed by atoms with Gasteiger partial charge in [0, 0.05) is 6.54 Å². The van der Waals surface area contributed by atoms with Crippen molar-refractivity contribution in [3.63, 3.8) is 0 Å². The first-order valence-corrected chi connectivity index (χ1v) is 8.24. The summed E-state index contributed by atoms with van der Waals surface area (Å²) >= 11 is 0. The lowest BCUT2D eigenvalue weighted by Gasteiger charge is -2.26. The quantitative estimate of drug-likeness (QED) is 0.853. The van der Waals surface area contributed by atoms with Crippen LogP contribution in [-0.4, -0.2) is 31.6 Å². The molecule has 24 heavy (non-hydrogen) atoms. The van der Waals surface area contributed by atoms with Gasteiger partial charge in [-0.25, -0.2) is 0 Å². The van der Waals surface area contributed by atoms with Crippen LogP contribution < -0.4 is 9.47 Å². The van der Waals surface area contributed by atoms with E-state index in [-0.39, 0.29) is 11.9 Å². The van der Waals surface area contributed by atoms with Crippen LogP contribution in [0, 0.1) is 6.92 Å². The molecule has 1 aliphatic rings. The van der Waals surface area contributed by atoms with E-state index in [2.05, 4.69) is 31.2 Å². The van der Waals surface area contributed by atoms with Crippen molar-refractivity contribution in [1.82, 2.24) is 4.90 Å². The van der Waals surface area contributed by atoms with Crippen LogP contribution >= 0.6 is 0 Å². The molecular formula is C20H23NO3. The van der Waals surface area contributed by atoms with Gasteiger partial charge in [-0.2, -0.15) is 0 Å². The highest BCUT2D eigenvalue weighted by atomic mass is 16.5. The Kier molecular flexibility index (Phi) is 4.74. The molecule has 4 heteroatoms. The van der Waals surface area contributed by atoms with Gasteiger partial charge in [-0.05, 0) is 37.5 Å². The van der Waals surface area contributed by atoms with Gasteiger partial charge in [-0.3, -0.25) is 4.79 Å². The molecule has 0 aliphatic carbocycles. The summed E-state index contributed by atoms with van der Waals surface area (Å²) < 4.78 is 10.8. The van der Waals surface area contributed by atoms with E-state index in [1.54, 1.807) is 26.4 Å². The largest absolute Gasteiger partial charge is 0.496 e. The van der Waals surface area contributed by atoms with Crippen LogP contribution in [0.1, 0.15) is 40.4 Å². The van der Waals surface area contributed by atoms with E-state index in [0.29, 0.717) is 17.1 Å². The third-order valence-corrected chi connectivity index (χ3v) is 4.58. The van der Waals surface area contributed by atoms with Crippen molar-refractivity contribution < 1.29 is 14.3 Å². The molecule has 0 radical (unpaired) electrons. The second-order valence-corrected chi connectivity index (χ2v) is 6.11. The van der Waals surface area contributed by atoms with Gasteiger partial charge in [-0.15, -0.1) is 0 Å². The van der Waals surface area contributed by atoms with Crippen LogP contribution in [0.15, 0.2) is 42.5 Å². The molecule has 1 fully saturated rings. The van der Waals surface area contributed by atoms with E-state index in [1.165, 1.54) is 11.1 Å². The first-order chi connectivity index (χ1) is 11.7. The number of aryl methyl sites for hydroxylation is 1. The number of amides is 1. The zero-order chi connectivity index (χ0) is 17.1. The second-order valence-electron chi connectivity index (χ2n) is 6.11. The van der Waals surface area contributed by atoms with E-state index in [1.807, 2.05) is 11.0 Å². The van der Waals surface area contributed by atoms with Crippen LogP contribution in [-0.2, 0) is 0 Å². The number of ether oxygens (including phenoxy) is 2. The topological polar surface area (TPSA) is 38.8 Å². The SMILES string of the molecule is COc1cccc(OC)c1C(=O)N1CCC[C@H]1c1cccc(C)c1. The maximum atomic E-state index is 13.2. The van der Waals surface area contributed by atoms with Gasteiger partial charge in [0.15, 0.2) is 0 Å². The monoisotopic (exact) mass is 325 g/mol. The lowest BCUT2D eigenvalue weighted by atomic mass is 10.0. The van der Waals surface area contributed by atoms with Crippen LogP contribution in [0.2, 0.25) is 0 Å². The fourth-order valence-corrected chi connectivity index (χ4v) is 3.44. The predicted molar refractivity (Wildman–Crippen MR) is 93.7 cm³/mol. The Balaban J connectivity index is 1.98. The number of carbonyl (C=O) groups is 1. The summed E-state index contributed by atoms with van der Waals surface area (Å²) in [5.41, 5.74) is 2.90. The molecule has 1 atom stereocenters. The fourth-order valence-electron chi connectivity index (χ4n) is 3.44. The normalized spacial score (nSPS) is 17.0. The number of rotatable bonds is 4. The Morgan fingerprint density at radius 2 is 1.75 bits per heavy atom. The molecular weight excluding hydrogens is 302 g/mol. The minimum Gasteiger partial charge on any atom is -0.496 e. The number of nitrogens with zero attached hydrogens (tertiary/aromatic N) is 1. The highest BCUT2D eigenvalue weighted by Gasteiger charge is 2.33. The summed E-state index contributed by atoms with van der Waals surface area (Å²) in [7, 11) is 3.15. The highest BCUT2D eigenvalue weighted by molar-refractivity contribution is 6.00. The van der Waals surface area contributed by atoms with Crippen molar-refractivity contribution in [3.05, 3.63) is 59.2 Å². The van der Waals surface area contributed by atoms with Crippen LogP contribution in [0.3, 0.4) is 0 Å². The minimum atomic E-state index is -0.0340. The highest BCUT2D eigenvalue weighted by Crippen LogP contribution is 2.37. The predicted octanol–water partition coefficient (Wildman–Crippen LogP) is 3.99. The van der Waals surface area contributed by atoms with Crippen LogP contribution in [0.25, 0.3) is 0 Å². The summed E-state index contributed by atoms with van der Waals surface area (Å²) in [4.78, 5) is 15.2. The number of hydrogen-bond donors (Lipinski definition) is 0. The zero-order valence-corrected chi connectivity index (χ0v) is 14.4. The lowest BCUT2D eigenvalue weighted by Crippen LogP contribution is -2.31. The Bertz CT molecular complexity index is 719. The number of hydrogen-bond acceptors (Lipinski definition) is 3. The van der Waals surface area contributed by atoms with E-state index >= 15 is 0 Å². The summed E-state index contributed by atoms with van der Waals surface area (Å²) in [5.74, 6) is 1.07. The summed E-state index contributed by atoms with van der Waals surface area (Å²) in [6.45, 7) is 2.83. The van der Waals surface area contributed by atoms with Gasteiger partial charge in [0.2, 0.25) is 0 Å². The maximum absolute atomic E-state index is 13.2. The molecule has 0 saturated carbocycles. The molecule has 1 amide bonds. The molecule has 0 bridgehead atoms. The Morgan fingerprint density at radius 1 is 1.08 bits per heavy atom. The molecule has 2 aromatic rings. The second kappa shape index (κ2) is 6.95. The van der Waals surface area contributed by atoms with Gasteiger partial charge in [0.1, 0.15) is 17.1 Å². The van der Waals surface area contributed by atoms with Crippen LogP contribution in [0.4, 0.5) is 0 Å². The van der Waals surface area contributed by atoms with Gasteiger partial charge in [0.05, 0.1) is 20.3 Å². The molecule has 0 spiro atoms. The third-order valence-electron chi connectivity index (χ3n) is 4.58. The van der Waals surface area contributed by atoms with Crippen molar-refractivity contribution in [2.75, 3.05) is 20.8 Å². The number of methoxy groups -OCH3 is 2. The van der Waals surface area contributed by atoms with E-state index in [0.717, 1.165) is 19.4 Å². The first-order valence-electron chi connectivity index (χ1n) is 8.24. The van der Waals surface area contributed by atoms with E-state index in [9.17, 15) is 4.79 Å². The van der Waals surface area contributed by atoms with Crippen LogP contribution in [0.5, 0.6) is 11.5 Å². The average molecular weight is 325 g/mol. The number of benzene rings is 2. The van der Waals surface area contributed by atoms with Gasteiger partial charge in [0.25, 0.3) is 5.91 Å². The smallest absolute Gasteiger partial charge is 0.261 e. The standard InChI is InChI=1S/C20H23NO3/c1-14-7-4-8-15(13-14)16-9-6-12-21(16)20(22)19-17(23-2)10-5-11-18(19)24-3/h4-5,7-8,10-11,13,16H,6,9,12H2,1-3H3/t16-/m0/s1. The number of carbonyl (C=O) groups excluding carboxylic acids is 1. The molecule has 2 aromatic carbocycles. The average Bonchev–Trinajstić information content (AvgIpc) is 3.10. The summed E-state index contributed by atoms with van der Waals surface area (Å²) in [5, 5.41) is 0. The zero-order valence-electron chi connectivity index (χ0n) is 14.4. The third kappa shape index (κ3) is 2.96. The number of likely N-dealkylation sites (tertiary alicyclic amines) is 1. The Labute approximate surface area is 143 Å². The Morgan fingerprint density at radius 3 is 2.38 bits per heavy atom. The summed E-state index contributed by atoms with van der Waals surface area (Å²) in [6.07, 6.45) is 1.98. The minimum absolute atomic E-state index is 0.0340. The first kappa shape index (κ1) is 16.4. The van der Waals surface area contributed by atoms with Gasteiger partial charge >= 0.3 is 0 Å². The van der Waals surface area contributed by atoms with E-state index < -0.39 is 0 Å². The van der Waals surface area contributed by atoms with Crippen molar-refractivity contribution in [2.24, 2.45) is 0 Å². The molecule has 126 valence electrons. The molecule has 1 aliphatic heterocycles. The van der Waals surface area contributed by atoms with Crippen molar-refractivity contribution in [1.29, 1.82) is 0 Å². The maximum Gasteiger partial charge on any atom is 0.261 e. The summed E-state index contributed by atoms with van der Waals surface area (Å²) in [6, 6.07) is 13.9. The van der Waals surface area contributed by atoms with Gasteiger partial charge in [-0.1, -0.05) is 35.9 Å². The van der Waals surface area contributed by atoms with Crippen molar-refractivity contribution in [2.45, 2.75) is 25.8 Å². The molecule has 0 N–H and O–H groups in total. The lowest BCUT2D eigenvalue weighted by molar-refractivity contribution is 0.0728. The fraction of sp³-hybridized carbons (Fsp3) is 0.350. The van der Waals surface area contributed by atoms with Gasteiger partial charge < -0.3 is 14.4 Å².